The molecule has 1 N–H and O–H groups in total. The second-order valence-corrected chi connectivity index (χ2v) is 6.71. The van der Waals surface area contributed by atoms with Crippen molar-refractivity contribution in [3.8, 4) is 0 Å². The van der Waals surface area contributed by atoms with E-state index < -0.39 is 5.82 Å². The summed E-state index contributed by atoms with van der Waals surface area (Å²) < 4.78 is 15.6. The Kier molecular flexibility index (Phi) is 4.46. The average molecular weight is 374 g/mol. The zero-order chi connectivity index (χ0) is 18.1. The predicted molar refractivity (Wildman–Crippen MR) is 98.0 cm³/mol. The highest BCUT2D eigenvalue weighted by atomic mass is 35.5. The minimum Gasteiger partial charge on any atom is -0.340 e. The van der Waals surface area contributed by atoms with Crippen molar-refractivity contribution in [2.45, 2.75) is 12.8 Å². The lowest BCUT2D eigenvalue weighted by molar-refractivity contribution is -0.120. The molecule has 1 amide bonds. The zero-order valence-electron chi connectivity index (χ0n) is 13.9. The van der Waals surface area contributed by atoms with Gasteiger partial charge in [-0.1, -0.05) is 23.7 Å². The van der Waals surface area contributed by atoms with Gasteiger partial charge in [0.05, 0.1) is 16.6 Å². The molecule has 1 aliphatic heterocycles. The van der Waals surface area contributed by atoms with Gasteiger partial charge < -0.3 is 10.2 Å². The summed E-state index contributed by atoms with van der Waals surface area (Å²) in [5.41, 5.74) is 0.788. The van der Waals surface area contributed by atoms with Gasteiger partial charge in [0.25, 0.3) is 0 Å². The third-order valence-electron chi connectivity index (χ3n) is 4.58. The first-order valence-corrected chi connectivity index (χ1v) is 8.81. The summed E-state index contributed by atoms with van der Waals surface area (Å²) in [6, 6.07) is 9.76. The fourth-order valence-electron chi connectivity index (χ4n) is 3.26. The van der Waals surface area contributed by atoms with E-state index in [4.69, 9.17) is 11.6 Å². The molecule has 3 aromatic rings. The second kappa shape index (κ2) is 6.92. The summed E-state index contributed by atoms with van der Waals surface area (Å²) in [5, 5.41) is 11.6. The van der Waals surface area contributed by atoms with Crippen molar-refractivity contribution in [1.29, 1.82) is 0 Å². The molecule has 1 aromatic carbocycles. The number of carbonyl (C=O) groups is 1. The predicted octanol–water partition coefficient (Wildman–Crippen LogP) is 3.38. The Bertz CT molecular complexity index is 960. The Hall–Kier alpha value is -2.67. The lowest BCUT2D eigenvalue weighted by atomic mass is 9.97. The molecule has 0 unspecified atom stereocenters. The maximum atomic E-state index is 13.8. The molecule has 0 saturated carbocycles. The van der Waals surface area contributed by atoms with Gasteiger partial charge >= 0.3 is 0 Å². The highest BCUT2D eigenvalue weighted by molar-refractivity contribution is 6.33. The van der Waals surface area contributed by atoms with Gasteiger partial charge in [-0.2, -0.15) is 0 Å². The number of nitrogens with one attached hydrogen (secondary N) is 1. The molecule has 3 heterocycles. The Balaban J connectivity index is 1.53. The number of piperidine rings is 1. The molecule has 6 nitrogen and oxygen atoms in total. The molecule has 1 fully saturated rings. The standard InChI is InChI=1S/C18H17ClFN5O/c19-13-6-4-10-25-16(13)22-23-18(25)24-9-3-5-12(11-24)17(26)21-15-8-2-1-7-14(15)20/h1-2,4,6-8,10,12H,3,5,9,11H2,(H,21,26)/t12-/m0/s1. The van der Waals surface area contributed by atoms with E-state index in [1.807, 2.05) is 21.6 Å². The van der Waals surface area contributed by atoms with E-state index in [1.54, 1.807) is 24.3 Å². The van der Waals surface area contributed by atoms with Crippen molar-refractivity contribution in [2.75, 3.05) is 23.3 Å². The molecule has 8 heteroatoms. The number of hydrogen-bond acceptors (Lipinski definition) is 4. The third kappa shape index (κ3) is 3.10. The van der Waals surface area contributed by atoms with Crippen LogP contribution in [0.4, 0.5) is 16.0 Å². The van der Waals surface area contributed by atoms with E-state index >= 15 is 0 Å². The van der Waals surface area contributed by atoms with Crippen molar-refractivity contribution >= 4 is 34.8 Å². The largest absolute Gasteiger partial charge is 0.340 e. The average Bonchev–Trinajstić information content (AvgIpc) is 3.09. The van der Waals surface area contributed by atoms with Crippen LogP contribution < -0.4 is 10.2 Å². The van der Waals surface area contributed by atoms with Gasteiger partial charge in [0.15, 0.2) is 5.65 Å². The third-order valence-corrected chi connectivity index (χ3v) is 4.87. The van der Waals surface area contributed by atoms with Crippen LogP contribution in [0, 0.1) is 11.7 Å². The number of benzene rings is 1. The molecule has 0 bridgehead atoms. The van der Waals surface area contributed by atoms with Crippen LogP contribution in [0.5, 0.6) is 0 Å². The summed E-state index contributed by atoms with van der Waals surface area (Å²) in [6.45, 7) is 1.27. The van der Waals surface area contributed by atoms with Gasteiger partial charge in [-0.3, -0.25) is 9.20 Å². The molecule has 2 aromatic heterocycles. The Morgan fingerprint density at radius 1 is 1.23 bits per heavy atom. The van der Waals surface area contributed by atoms with Gasteiger partial charge in [0.1, 0.15) is 5.82 Å². The lowest BCUT2D eigenvalue weighted by Crippen LogP contribution is -2.41. The number of amides is 1. The molecule has 0 aliphatic carbocycles. The van der Waals surface area contributed by atoms with E-state index in [2.05, 4.69) is 15.5 Å². The number of fused-ring (bicyclic) bond motifs is 1. The quantitative estimate of drug-likeness (QED) is 0.764. The van der Waals surface area contributed by atoms with Crippen LogP contribution in [-0.4, -0.2) is 33.6 Å². The molecule has 1 atom stereocenters. The van der Waals surface area contributed by atoms with Crippen LogP contribution in [0.2, 0.25) is 5.02 Å². The van der Waals surface area contributed by atoms with Crippen LogP contribution in [-0.2, 0) is 4.79 Å². The Morgan fingerprint density at radius 3 is 2.92 bits per heavy atom. The smallest absolute Gasteiger partial charge is 0.231 e. The molecule has 1 aliphatic rings. The monoisotopic (exact) mass is 373 g/mol. The summed E-state index contributed by atoms with van der Waals surface area (Å²) in [6.07, 6.45) is 3.43. The van der Waals surface area contributed by atoms with Gasteiger partial charge in [-0.15, -0.1) is 10.2 Å². The Labute approximate surface area is 154 Å². The number of para-hydroxylation sites is 1. The molecule has 0 radical (unpaired) electrons. The molecule has 4 rings (SSSR count). The summed E-state index contributed by atoms with van der Waals surface area (Å²) in [4.78, 5) is 14.6. The summed E-state index contributed by atoms with van der Waals surface area (Å²) >= 11 is 6.15. The molecule has 1 saturated heterocycles. The minimum atomic E-state index is -0.438. The van der Waals surface area contributed by atoms with Crippen molar-refractivity contribution in [3.63, 3.8) is 0 Å². The van der Waals surface area contributed by atoms with Crippen molar-refractivity contribution in [3.05, 3.63) is 53.4 Å². The molecular weight excluding hydrogens is 357 g/mol. The number of carbonyl (C=O) groups excluding carboxylic acids is 1. The van der Waals surface area contributed by atoms with Crippen molar-refractivity contribution in [2.24, 2.45) is 5.92 Å². The maximum Gasteiger partial charge on any atom is 0.231 e. The lowest BCUT2D eigenvalue weighted by Gasteiger charge is -2.32. The molecular formula is C18H17ClFN5O. The number of pyridine rings is 1. The second-order valence-electron chi connectivity index (χ2n) is 6.30. The number of hydrogen-bond donors (Lipinski definition) is 1. The van der Waals surface area contributed by atoms with Crippen molar-refractivity contribution in [1.82, 2.24) is 14.6 Å². The first kappa shape index (κ1) is 16.8. The number of rotatable bonds is 3. The van der Waals surface area contributed by atoms with Gasteiger partial charge in [-0.05, 0) is 37.1 Å². The highest BCUT2D eigenvalue weighted by Gasteiger charge is 2.28. The molecule has 26 heavy (non-hydrogen) atoms. The van der Waals surface area contributed by atoms with Gasteiger partial charge in [0, 0.05) is 19.3 Å². The Morgan fingerprint density at radius 2 is 2.08 bits per heavy atom. The SMILES string of the molecule is O=C(Nc1ccccc1F)[C@H]1CCCN(c2nnc3c(Cl)cccn23)C1. The first-order valence-electron chi connectivity index (χ1n) is 8.43. The van der Waals surface area contributed by atoms with E-state index in [-0.39, 0.29) is 17.5 Å². The topological polar surface area (TPSA) is 62.5 Å². The van der Waals surface area contributed by atoms with Crippen LogP contribution in [0.25, 0.3) is 5.65 Å². The summed E-state index contributed by atoms with van der Waals surface area (Å²) in [5.74, 6) is -0.223. The van der Waals surface area contributed by atoms with E-state index in [1.165, 1.54) is 6.07 Å². The molecule has 0 spiro atoms. The highest BCUT2D eigenvalue weighted by Crippen LogP contribution is 2.25. The van der Waals surface area contributed by atoms with Crippen molar-refractivity contribution < 1.29 is 9.18 Å². The van der Waals surface area contributed by atoms with E-state index in [9.17, 15) is 9.18 Å². The fraction of sp³-hybridized carbons (Fsp3) is 0.278. The number of halogens is 2. The number of aromatic nitrogens is 3. The van der Waals surface area contributed by atoms with Crippen LogP contribution in [0.15, 0.2) is 42.6 Å². The van der Waals surface area contributed by atoms with Gasteiger partial charge in [-0.25, -0.2) is 4.39 Å². The van der Waals surface area contributed by atoms with Crippen LogP contribution in [0.1, 0.15) is 12.8 Å². The van der Waals surface area contributed by atoms with E-state index in [0.29, 0.717) is 23.2 Å². The normalized spacial score (nSPS) is 17.5. The first-order chi connectivity index (χ1) is 12.6. The van der Waals surface area contributed by atoms with E-state index in [0.717, 1.165) is 19.4 Å². The van der Waals surface area contributed by atoms with Crippen LogP contribution >= 0.6 is 11.6 Å². The number of anilines is 2. The molecule has 134 valence electrons. The minimum absolute atomic E-state index is 0.188. The van der Waals surface area contributed by atoms with Crippen LogP contribution in [0.3, 0.4) is 0 Å². The fourth-order valence-corrected chi connectivity index (χ4v) is 3.46. The number of nitrogens with zero attached hydrogens (tertiary/aromatic N) is 4. The zero-order valence-corrected chi connectivity index (χ0v) is 14.7. The summed E-state index contributed by atoms with van der Waals surface area (Å²) in [7, 11) is 0. The maximum absolute atomic E-state index is 13.8. The van der Waals surface area contributed by atoms with Gasteiger partial charge in [0.2, 0.25) is 11.9 Å².